The molecule has 1 aromatic carbocycles. The zero-order chi connectivity index (χ0) is 16.1. The van der Waals surface area contributed by atoms with Crippen molar-refractivity contribution in [3.8, 4) is 5.75 Å². The number of benzene rings is 1. The van der Waals surface area contributed by atoms with Crippen molar-refractivity contribution in [1.82, 2.24) is 9.88 Å². The van der Waals surface area contributed by atoms with E-state index in [4.69, 9.17) is 5.73 Å². The second kappa shape index (κ2) is 7.43. The topological polar surface area (TPSA) is 86.8 Å². The molecule has 1 aromatic heterocycles. The molecule has 23 heavy (non-hydrogen) atoms. The predicted octanol–water partition coefficient (Wildman–Crippen LogP) is 2.86. The van der Waals surface area contributed by atoms with Gasteiger partial charge < -0.3 is 10.8 Å². The van der Waals surface area contributed by atoms with E-state index in [-0.39, 0.29) is 0 Å². The van der Waals surface area contributed by atoms with Gasteiger partial charge in [-0.25, -0.2) is 4.98 Å². The minimum atomic E-state index is 0.341. The molecule has 3 rings (SSSR count). The molecule has 2 aromatic rings. The van der Waals surface area contributed by atoms with Crippen molar-refractivity contribution in [2.24, 2.45) is 5.10 Å². The fourth-order valence-corrected chi connectivity index (χ4v) is 3.22. The molecule has 0 amide bonds. The average Bonchev–Trinajstić information content (AvgIpc) is 2.97. The molecule has 1 aliphatic heterocycles. The Bertz CT molecular complexity index is 679. The van der Waals surface area contributed by atoms with Crippen LogP contribution in [0.1, 0.15) is 30.4 Å². The van der Waals surface area contributed by atoms with Crippen LogP contribution in [0.2, 0.25) is 0 Å². The standard InChI is InChI=1S/C16H21N5OS/c17-15-11-23-16(19-15)20-18-9-12-4-5-14(22)13(8-12)10-21-6-2-1-3-7-21/h4-5,8-9,11,22H,1-3,6-7,10,17H2,(H,19,20). The van der Waals surface area contributed by atoms with Gasteiger partial charge in [0, 0.05) is 17.5 Å². The number of nitrogens with one attached hydrogen (secondary N) is 1. The lowest BCUT2D eigenvalue weighted by atomic mass is 10.1. The number of aromatic nitrogens is 1. The first-order valence-electron chi connectivity index (χ1n) is 7.75. The first kappa shape index (κ1) is 15.8. The van der Waals surface area contributed by atoms with Gasteiger partial charge in [0.25, 0.3) is 0 Å². The van der Waals surface area contributed by atoms with Gasteiger partial charge in [0.2, 0.25) is 5.13 Å². The normalized spacial score (nSPS) is 16.0. The summed E-state index contributed by atoms with van der Waals surface area (Å²) >= 11 is 1.41. The fraction of sp³-hybridized carbons (Fsp3) is 0.375. The summed E-state index contributed by atoms with van der Waals surface area (Å²) < 4.78 is 0. The molecule has 0 aliphatic carbocycles. The van der Waals surface area contributed by atoms with Crippen molar-refractivity contribution in [2.75, 3.05) is 24.2 Å². The molecule has 0 bridgehead atoms. The van der Waals surface area contributed by atoms with E-state index in [1.807, 2.05) is 12.1 Å². The van der Waals surface area contributed by atoms with E-state index in [2.05, 4.69) is 20.4 Å². The van der Waals surface area contributed by atoms with E-state index in [9.17, 15) is 5.11 Å². The zero-order valence-corrected chi connectivity index (χ0v) is 13.7. The summed E-state index contributed by atoms with van der Waals surface area (Å²) in [7, 11) is 0. The summed E-state index contributed by atoms with van der Waals surface area (Å²) in [6.07, 6.45) is 5.50. The number of hydrogen-bond acceptors (Lipinski definition) is 7. The summed E-state index contributed by atoms with van der Waals surface area (Å²) in [5.41, 5.74) is 10.3. The summed E-state index contributed by atoms with van der Waals surface area (Å²) in [4.78, 5) is 6.46. The molecule has 2 heterocycles. The molecule has 0 saturated carbocycles. The summed E-state index contributed by atoms with van der Waals surface area (Å²) in [6.45, 7) is 2.99. The Labute approximate surface area is 139 Å². The minimum absolute atomic E-state index is 0.341. The Morgan fingerprint density at radius 2 is 2.17 bits per heavy atom. The smallest absolute Gasteiger partial charge is 0.205 e. The van der Waals surface area contributed by atoms with E-state index in [0.717, 1.165) is 30.8 Å². The maximum absolute atomic E-state index is 10.1. The van der Waals surface area contributed by atoms with Gasteiger partial charge >= 0.3 is 0 Å². The molecule has 1 fully saturated rings. The Morgan fingerprint density at radius 3 is 2.91 bits per heavy atom. The highest BCUT2D eigenvalue weighted by molar-refractivity contribution is 7.14. The van der Waals surface area contributed by atoms with E-state index in [0.29, 0.717) is 16.7 Å². The van der Waals surface area contributed by atoms with E-state index >= 15 is 0 Å². The van der Waals surface area contributed by atoms with E-state index in [1.165, 1.54) is 30.6 Å². The third kappa shape index (κ3) is 4.43. The van der Waals surface area contributed by atoms with Crippen LogP contribution in [-0.2, 0) is 6.54 Å². The van der Waals surface area contributed by atoms with Crippen molar-refractivity contribution < 1.29 is 5.11 Å². The Balaban J connectivity index is 1.64. The van der Waals surface area contributed by atoms with Gasteiger partial charge in [-0.1, -0.05) is 6.42 Å². The summed E-state index contributed by atoms with van der Waals surface area (Å²) in [5, 5.41) is 16.6. The minimum Gasteiger partial charge on any atom is -0.508 e. The molecule has 0 unspecified atom stereocenters. The Kier molecular flexibility index (Phi) is 5.09. The van der Waals surface area contributed by atoms with Crippen LogP contribution in [0.3, 0.4) is 0 Å². The molecule has 1 aliphatic rings. The number of piperidine rings is 1. The molecule has 4 N–H and O–H groups in total. The third-order valence-electron chi connectivity index (χ3n) is 3.84. The van der Waals surface area contributed by atoms with Crippen LogP contribution in [0, 0.1) is 0 Å². The van der Waals surface area contributed by atoms with Crippen LogP contribution in [0.4, 0.5) is 10.9 Å². The number of nitrogen functional groups attached to an aromatic ring is 1. The quantitative estimate of drug-likeness (QED) is 0.579. The van der Waals surface area contributed by atoms with Crippen molar-refractivity contribution in [1.29, 1.82) is 0 Å². The van der Waals surface area contributed by atoms with Gasteiger partial charge in [-0.05, 0) is 49.7 Å². The van der Waals surface area contributed by atoms with Gasteiger partial charge in [-0.3, -0.25) is 10.3 Å². The van der Waals surface area contributed by atoms with Gasteiger partial charge in [0.05, 0.1) is 6.21 Å². The number of aromatic hydroxyl groups is 1. The number of hydrazone groups is 1. The number of phenolic OH excluding ortho intramolecular Hbond substituents is 1. The van der Waals surface area contributed by atoms with Gasteiger partial charge in [-0.15, -0.1) is 11.3 Å². The Hall–Kier alpha value is -2.12. The lowest BCUT2D eigenvalue weighted by Gasteiger charge is -2.26. The highest BCUT2D eigenvalue weighted by Gasteiger charge is 2.12. The van der Waals surface area contributed by atoms with Crippen molar-refractivity contribution in [3.05, 3.63) is 34.7 Å². The maximum atomic E-state index is 10.1. The zero-order valence-electron chi connectivity index (χ0n) is 12.9. The van der Waals surface area contributed by atoms with Crippen LogP contribution in [-0.4, -0.2) is 34.3 Å². The van der Waals surface area contributed by atoms with Gasteiger partial charge in [0.15, 0.2) is 0 Å². The molecule has 122 valence electrons. The van der Waals surface area contributed by atoms with E-state index < -0.39 is 0 Å². The Morgan fingerprint density at radius 1 is 1.35 bits per heavy atom. The van der Waals surface area contributed by atoms with Crippen LogP contribution < -0.4 is 11.2 Å². The van der Waals surface area contributed by atoms with Crippen LogP contribution in [0.5, 0.6) is 5.75 Å². The number of nitrogens with zero attached hydrogens (tertiary/aromatic N) is 3. The summed E-state index contributed by atoms with van der Waals surface area (Å²) in [6, 6.07) is 5.55. The SMILES string of the molecule is Nc1csc(NN=Cc2ccc(O)c(CN3CCCCC3)c2)n1. The second-order valence-corrected chi connectivity index (χ2v) is 6.53. The number of phenols is 1. The lowest BCUT2D eigenvalue weighted by Crippen LogP contribution is -2.29. The first-order valence-corrected chi connectivity index (χ1v) is 8.63. The molecular weight excluding hydrogens is 310 g/mol. The molecule has 6 nitrogen and oxygen atoms in total. The van der Waals surface area contributed by atoms with Gasteiger partial charge in [0.1, 0.15) is 11.6 Å². The lowest BCUT2D eigenvalue weighted by molar-refractivity contribution is 0.218. The number of likely N-dealkylation sites (tertiary alicyclic amines) is 1. The highest BCUT2D eigenvalue weighted by atomic mass is 32.1. The van der Waals surface area contributed by atoms with Crippen LogP contribution in [0.25, 0.3) is 0 Å². The monoisotopic (exact) mass is 331 g/mol. The molecule has 1 saturated heterocycles. The third-order valence-corrected chi connectivity index (χ3v) is 4.61. The second-order valence-electron chi connectivity index (χ2n) is 5.67. The molecule has 0 atom stereocenters. The highest BCUT2D eigenvalue weighted by Crippen LogP contribution is 2.22. The van der Waals surface area contributed by atoms with Crippen LogP contribution in [0.15, 0.2) is 28.7 Å². The van der Waals surface area contributed by atoms with Crippen molar-refractivity contribution in [2.45, 2.75) is 25.8 Å². The molecule has 0 spiro atoms. The van der Waals surface area contributed by atoms with E-state index in [1.54, 1.807) is 17.7 Å². The molecule has 7 heteroatoms. The molecular formula is C16H21N5OS. The van der Waals surface area contributed by atoms with Crippen LogP contribution >= 0.6 is 11.3 Å². The number of nitrogens with two attached hydrogens (primary N) is 1. The largest absolute Gasteiger partial charge is 0.508 e. The average molecular weight is 331 g/mol. The predicted molar refractivity (Wildman–Crippen MR) is 95.0 cm³/mol. The number of hydrogen-bond donors (Lipinski definition) is 3. The number of anilines is 2. The summed E-state index contributed by atoms with van der Waals surface area (Å²) in [5.74, 6) is 0.828. The number of thiazole rings is 1. The fourth-order valence-electron chi connectivity index (χ4n) is 2.67. The van der Waals surface area contributed by atoms with Gasteiger partial charge in [-0.2, -0.15) is 5.10 Å². The molecule has 0 radical (unpaired) electrons. The number of rotatable bonds is 5. The first-order chi connectivity index (χ1) is 11.2. The van der Waals surface area contributed by atoms with Crippen molar-refractivity contribution in [3.63, 3.8) is 0 Å². The maximum Gasteiger partial charge on any atom is 0.205 e. The van der Waals surface area contributed by atoms with Crippen molar-refractivity contribution >= 4 is 28.5 Å².